The van der Waals surface area contributed by atoms with Crippen LogP contribution in [0.1, 0.15) is 21.5 Å². The van der Waals surface area contributed by atoms with Gasteiger partial charge in [-0.3, -0.25) is 9.59 Å². The van der Waals surface area contributed by atoms with Gasteiger partial charge in [-0.15, -0.1) is 0 Å². The quantitative estimate of drug-likeness (QED) is 0.123. The van der Waals surface area contributed by atoms with E-state index in [2.05, 4.69) is 56.8 Å². The van der Waals surface area contributed by atoms with Crippen molar-refractivity contribution in [3.05, 3.63) is 162 Å². The molecule has 7 heteroatoms. The molecule has 2 N–H and O–H groups in total. The number of aryl methyl sites for hydroxylation is 1. The van der Waals surface area contributed by atoms with Crippen molar-refractivity contribution < 1.29 is 14.3 Å². The van der Waals surface area contributed by atoms with Crippen molar-refractivity contribution in [1.82, 2.24) is 9.99 Å². The van der Waals surface area contributed by atoms with Crippen molar-refractivity contribution in [1.29, 1.82) is 0 Å². The number of para-hydroxylation sites is 1. The molecule has 1 heterocycles. The first-order valence-electron chi connectivity index (χ1n) is 14.9. The molecule has 6 aromatic rings. The number of nitrogens with one attached hydrogen (secondary N) is 2. The van der Waals surface area contributed by atoms with Gasteiger partial charge in [-0.05, 0) is 95.9 Å². The molecule has 46 heavy (non-hydrogen) atoms. The zero-order chi connectivity index (χ0) is 31.7. The van der Waals surface area contributed by atoms with Gasteiger partial charge in [0.2, 0.25) is 0 Å². The van der Waals surface area contributed by atoms with Gasteiger partial charge in [0.05, 0.1) is 17.6 Å². The summed E-state index contributed by atoms with van der Waals surface area (Å²) in [4.78, 5) is 25.1. The highest BCUT2D eigenvalue weighted by Crippen LogP contribution is 2.32. The number of hydrogen-bond acceptors (Lipinski definition) is 4. The fourth-order valence-electron chi connectivity index (χ4n) is 5.07. The number of rotatable bonds is 10. The first-order chi connectivity index (χ1) is 22.5. The standard InChI is InChI=1S/C39H32N4O3/c1-28-10-8-9-15-35(28)41-38(44)27-46-34-22-16-29(17-23-34)26-40-42-39(45)32-18-20-33(21-19-32)43-36(30-11-4-2-5-12-30)24-25-37(43)31-13-6-3-7-14-31/h2-26H,27H2,1H3,(H,41,44)(H,42,45)/b40-26-. The number of nitrogens with zero attached hydrogens (tertiary/aromatic N) is 2. The van der Waals surface area contributed by atoms with Crippen LogP contribution in [0.2, 0.25) is 0 Å². The zero-order valence-corrected chi connectivity index (χ0v) is 25.3. The largest absolute Gasteiger partial charge is 0.484 e. The highest BCUT2D eigenvalue weighted by Gasteiger charge is 2.14. The molecule has 6 rings (SSSR count). The minimum atomic E-state index is -0.318. The Kier molecular flexibility index (Phi) is 9.12. The molecule has 2 amide bonds. The molecule has 0 aliphatic carbocycles. The predicted molar refractivity (Wildman–Crippen MR) is 183 cm³/mol. The summed E-state index contributed by atoms with van der Waals surface area (Å²) in [6.07, 6.45) is 1.55. The van der Waals surface area contributed by atoms with Crippen LogP contribution in [0, 0.1) is 6.92 Å². The Morgan fingerprint density at radius 2 is 1.28 bits per heavy atom. The summed E-state index contributed by atoms with van der Waals surface area (Å²) in [5.74, 6) is -0.00597. The molecule has 7 nitrogen and oxygen atoms in total. The number of carbonyl (C=O) groups excluding carboxylic acids is 2. The maximum Gasteiger partial charge on any atom is 0.271 e. The Bertz CT molecular complexity index is 1910. The van der Waals surface area contributed by atoms with Gasteiger partial charge < -0.3 is 14.6 Å². The fourth-order valence-corrected chi connectivity index (χ4v) is 5.07. The van der Waals surface area contributed by atoms with Gasteiger partial charge in [0.25, 0.3) is 11.8 Å². The molecule has 226 valence electrons. The van der Waals surface area contributed by atoms with E-state index in [9.17, 15) is 9.59 Å². The van der Waals surface area contributed by atoms with Gasteiger partial charge in [-0.2, -0.15) is 5.10 Å². The second-order valence-corrected chi connectivity index (χ2v) is 10.6. The molecule has 0 aliphatic rings. The Labute approximate surface area is 267 Å². The molecule has 0 radical (unpaired) electrons. The smallest absolute Gasteiger partial charge is 0.271 e. The van der Waals surface area contributed by atoms with Crippen LogP contribution < -0.4 is 15.5 Å². The summed E-state index contributed by atoms with van der Waals surface area (Å²) in [7, 11) is 0. The Morgan fingerprint density at radius 3 is 1.89 bits per heavy atom. The number of ether oxygens (including phenoxy) is 1. The molecule has 0 bridgehead atoms. The second-order valence-electron chi connectivity index (χ2n) is 10.6. The van der Waals surface area contributed by atoms with E-state index < -0.39 is 0 Å². The predicted octanol–water partition coefficient (Wildman–Crippen LogP) is 7.90. The summed E-state index contributed by atoms with van der Waals surface area (Å²) >= 11 is 0. The zero-order valence-electron chi connectivity index (χ0n) is 25.3. The molecule has 1 aromatic heterocycles. The number of aromatic nitrogens is 1. The number of anilines is 1. The third kappa shape index (κ3) is 7.11. The number of benzene rings is 5. The third-order valence-electron chi connectivity index (χ3n) is 7.46. The Morgan fingerprint density at radius 1 is 0.696 bits per heavy atom. The molecule has 0 spiro atoms. The van der Waals surface area contributed by atoms with Crippen LogP contribution >= 0.6 is 0 Å². The summed E-state index contributed by atoms with van der Waals surface area (Å²) < 4.78 is 7.81. The Hall–Kier alpha value is -6.21. The van der Waals surface area contributed by atoms with Crippen molar-refractivity contribution in [2.75, 3.05) is 11.9 Å². The van der Waals surface area contributed by atoms with Crippen molar-refractivity contribution in [3.63, 3.8) is 0 Å². The lowest BCUT2D eigenvalue weighted by molar-refractivity contribution is -0.118. The first-order valence-corrected chi connectivity index (χ1v) is 14.9. The van der Waals surface area contributed by atoms with Gasteiger partial charge in [0, 0.05) is 16.9 Å². The van der Waals surface area contributed by atoms with Crippen LogP contribution in [0.4, 0.5) is 5.69 Å². The lowest BCUT2D eigenvalue weighted by Gasteiger charge is -2.15. The summed E-state index contributed by atoms with van der Waals surface area (Å²) in [6.45, 7) is 1.82. The average molecular weight is 605 g/mol. The highest BCUT2D eigenvalue weighted by atomic mass is 16.5. The van der Waals surface area contributed by atoms with Crippen LogP contribution in [0.5, 0.6) is 5.75 Å². The van der Waals surface area contributed by atoms with Crippen molar-refractivity contribution >= 4 is 23.7 Å². The topological polar surface area (TPSA) is 84.7 Å². The summed E-state index contributed by atoms with van der Waals surface area (Å²) in [5.41, 5.74) is 10.9. The van der Waals surface area contributed by atoms with Gasteiger partial charge in [0.15, 0.2) is 6.61 Å². The lowest BCUT2D eigenvalue weighted by atomic mass is 10.1. The minimum absolute atomic E-state index is 0.109. The number of hydrogen-bond donors (Lipinski definition) is 2. The van der Waals surface area contributed by atoms with E-state index in [0.717, 1.165) is 45.0 Å². The van der Waals surface area contributed by atoms with Crippen LogP contribution in [-0.4, -0.2) is 29.2 Å². The van der Waals surface area contributed by atoms with Crippen molar-refractivity contribution in [2.24, 2.45) is 5.10 Å². The monoisotopic (exact) mass is 604 g/mol. The van der Waals surface area contributed by atoms with Crippen LogP contribution in [0.25, 0.3) is 28.2 Å². The van der Waals surface area contributed by atoms with Crippen LogP contribution in [0.15, 0.2) is 151 Å². The van der Waals surface area contributed by atoms with E-state index in [1.54, 1.807) is 42.6 Å². The molecule has 0 atom stereocenters. The molecular weight excluding hydrogens is 572 g/mol. The molecule has 5 aromatic carbocycles. The lowest BCUT2D eigenvalue weighted by Crippen LogP contribution is -2.20. The molecule has 0 fully saturated rings. The molecule has 0 unspecified atom stereocenters. The SMILES string of the molecule is Cc1ccccc1NC(=O)COc1ccc(/C=N\NC(=O)c2ccc(-n3c(-c4ccccc4)ccc3-c3ccccc3)cc2)cc1. The number of amides is 2. The maximum atomic E-state index is 12.9. The van der Waals surface area contributed by atoms with Crippen molar-refractivity contribution in [2.45, 2.75) is 6.92 Å². The molecular formula is C39H32N4O3. The Balaban J connectivity index is 1.08. The fraction of sp³-hybridized carbons (Fsp3) is 0.0513. The first kappa shape index (κ1) is 29.8. The maximum absolute atomic E-state index is 12.9. The number of carbonyl (C=O) groups is 2. The average Bonchev–Trinajstić information content (AvgIpc) is 3.55. The second kappa shape index (κ2) is 14.1. The van der Waals surface area contributed by atoms with E-state index in [0.29, 0.717) is 11.3 Å². The van der Waals surface area contributed by atoms with Gasteiger partial charge in [-0.1, -0.05) is 78.9 Å². The summed E-state index contributed by atoms with van der Waals surface area (Å²) in [6, 6.07) is 46.9. The molecule has 0 saturated heterocycles. The van der Waals surface area contributed by atoms with E-state index in [1.165, 1.54) is 0 Å². The third-order valence-corrected chi connectivity index (χ3v) is 7.46. The van der Waals surface area contributed by atoms with Gasteiger partial charge in [-0.25, -0.2) is 5.43 Å². The van der Waals surface area contributed by atoms with E-state index in [-0.39, 0.29) is 18.4 Å². The van der Waals surface area contributed by atoms with Gasteiger partial charge in [0.1, 0.15) is 5.75 Å². The van der Waals surface area contributed by atoms with Crippen LogP contribution in [0.3, 0.4) is 0 Å². The highest BCUT2D eigenvalue weighted by molar-refractivity contribution is 5.95. The summed E-state index contributed by atoms with van der Waals surface area (Å²) in [5, 5.41) is 6.97. The van der Waals surface area contributed by atoms with E-state index in [4.69, 9.17) is 4.74 Å². The van der Waals surface area contributed by atoms with E-state index in [1.807, 2.05) is 79.7 Å². The van der Waals surface area contributed by atoms with E-state index >= 15 is 0 Å². The van der Waals surface area contributed by atoms with Crippen LogP contribution in [-0.2, 0) is 4.79 Å². The molecule has 0 saturated carbocycles. The van der Waals surface area contributed by atoms with Gasteiger partial charge >= 0.3 is 0 Å². The van der Waals surface area contributed by atoms with Crippen molar-refractivity contribution in [3.8, 4) is 34.0 Å². The molecule has 0 aliphatic heterocycles. The normalized spacial score (nSPS) is 10.9. The number of hydrazone groups is 1. The minimum Gasteiger partial charge on any atom is -0.484 e.